The van der Waals surface area contributed by atoms with Crippen molar-refractivity contribution in [2.24, 2.45) is 0 Å². The molecule has 0 unspecified atom stereocenters. The van der Waals surface area contributed by atoms with Gasteiger partial charge in [-0.25, -0.2) is 0 Å². The summed E-state index contributed by atoms with van der Waals surface area (Å²) in [5.41, 5.74) is 2.33. The number of halogens is 1. The molecule has 0 bridgehead atoms. The van der Waals surface area contributed by atoms with Gasteiger partial charge in [0.1, 0.15) is 4.88 Å². The molecule has 6 heteroatoms. The minimum atomic E-state index is -0.144. The second kappa shape index (κ2) is 8.64. The summed E-state index contributed by atoms with van der Waals surface area (Å²) in [6.07, 6.45) is 0.683. The molecule has 4 nitrogen and oxygen atoms in total. The molecule has 3 rings (SSSR count). The zero-order valence-corrected chi connectivity index (χ0v) is 19.0. The predicted molar refractivity (Wildman–Crippen MR) is 121 cm³/mol. The Kier molecular flexibility index (Phi) is 6.39. The first-order valence-corrected chi connectivity index (χ1v) is 10.7. The summed E-state index contributed by atoms with van der Waals surface area (Å²) in [6.45, 7) is 7.02. The number of carbonyl (C=O) groups excluding carboxylic acids is 1. The van der Waals surface area contributed by atoms with E-state index in [0.717, 1.165) is 15.6 Å². The number of benzene rings is 2. The van der Waals surface area contributed by atoms with Gasteiger partial charge < -0.3 is 14.8 Å². The highest BCUT2D eigenvalue weighted by molar-refractivity contribution is 7.21. The number of thiophene rings is 1. The van der Waals surface area contributed by atoms with Crippen molar-refractivity contribution in [2.75, 3.05) is 20.8 Å². The average molecular weight is 432 g/mol. The molecule has 0 spiro atoms. The number of rotatable bonds is 6. The van der Waals surface area contributed by atoms with Gasteiger partial charge in [-0.1, -0.05) is 50.6 Å². The van der Waals surface area contributed by atoms with Gasteiger partial charge in [-0.15, -0.1) is 11.3 Å². The van der Waals surface area contributed by atoms with Crippen molar-refractivity contribution in [3.63, 3.8) is 0 Å². The van der Waals surface area contributed by atoms with Gasteiger partial charge in [0.2, 0.25) is 0 Å². The van der Waals surface area contributed by atoms with Crippen molar-refractivity contribution < 1.29 is 14.3 Å². The zero-order chi connectivity index (χ0) is 21.2. The number of hydrogen-bond donors (Lipinski definition) is 1. The van der Waals surface area contributed by atoms with Crippen LogP contribution in [0.5, 0.6) is 11.5 Å². The van der Waals surface area contributed by atoms with Crippen LogP contribution in [0.3, 0.4) is 0 Å². The molecular weight excluding hydrogens is 406 g/mol. The first-order valence-electron chi connectivity index (χ1n) is 9.46. The molecule has 1 amide bonds. The Bertz CT molecular complexity index is 1040. The molecule has 1 N–H and O–H groups in total. The monoisotopic (exact) mass is 431 g/mol. The molecule has 0 aliphatic heterocycles. The number of carbonyl (C=O) groups is 1. The molecule has 154 valence electrons. The standard InChI is InChI=1S/C23H26ClNO3S/c1-23(2,3)15-7-8-16-19(13-15)29-21(20(16)24)22(26)25-11-10-14-6-9-17(27-4)18(12-14)28-5/h6-9,12-13H,10-11H2,1-5H3,(H,25,26). The lowest BCUT2D eigenvalue weighted by Crippen LogP contribution is -2.25. The normalized spacial score (nSPS) is 11.5. The van der Waals surface area contributed by atoms with Crippen molar-refractivity contribution in [3.8, 4) is 11.5 Å². The number of ether oxygens (including phenoxy) is 2. The van der Waals surface area contributed by atoms with Crippen molar-refractivity contribution in [1.82, 2.24) is 5.32 Å². The van der Waals surface area contributed by atoms with Crippen LogP contribution in [0.2, 0.25) is 5.02 Å². The average Bonchev–Trinajstić information content (AvgIpc) is 3.03. The van der Waals surface area contributed by atoms with E-state index in [1.807, 2.05) is 24.3 Å². The fourth-order valence-electron chi connectivity index (χ4n) is 3.11. The summed E-state index contributed by atoms with van der Waals surface area (Å²) in [5, 5.41) is 4.42. The fourth-order valence-corrected chi connectivity index (χ4v) is 4.59. The molecular formula is C23H26ClNO3S. The van der Waals surface area contributed by atoms with Gasteiger partial charge in [-0.2, -0.15) is 0 Å². The summed E-state index contributed by atoms with van der Waals surface area (Å²) in [5.74, 6) is 1.22. The summed E-state index contributed by atoms with van der Waals surface area (Å²) in [7, 11) is 3.22. The van der Waals surface area contributed by atoms with Gasteiger partial charge in [-0.05, 0) is 41.2 Å². The van der Waals surface area contributed by atoms with Gasteiger partial charge in [0.25, 0.3) is 5.91 Å². The smallest absolute Gasteiger partial charge is 0.262 e. The number of fused-ring (bicyclic) bond motifs is 1. The lowest BCUT2D eigenvalue weighted by Gasteiger charge is -2.18. The molecule has 1 heterocycles. The van der Waals surface area contributed by atoms with Crippen LogP contribution in [0.1, 0.15) is 41.6 Å². The van der Waals surface area contributed by atoms with E-state index in [9.17, 15) is 4.79 Å². The van der Waals surface area contributed by atoms with Gasteiger partial charge in [-0.3, -0.25) is 4.79 Å². The largest absolute Gasteiger partial charge is 0.493 e. The molecule has 0 atom stereocenters. The second-order valence-electron chi connectivity index (χ2n) is 7.90. The number of amides is 1. The van der Waals surface area contributed by atoms with Crippen LogP contribution in [0.25, 0.3) is 10.1 Å². The van der Waals surface area contributed by atoms with Crippen LogP contribution < -0.4 is 14.8 Å². The Morgan fingerprint density at radius 2 is 1.79 bits per heavy atom. The lowest BCUT2D eigenvalue weighted by atomic mass is 9.87. The molecule has 2 aromatic carbocycles. The van der Waals surface area contributed by atoms with E-state index in [2.05, 4.69) is 38.2 Å². The molecule has 0 aliphatic rings. The first-order chi connectivity index (χ1) is 13.7. The highest BCUT2D eigenvalue weighted by atomic mass is 35.5. The van der Waals surface area contributed by atoms with Gasteiger partial charge >= 0.3 is 0 Å². The van der Waals surface area contributed by atoms with Gasteiger partial charge in [0, 0.05) is 16.6 Å². The van der Waals surface area contributed by atoms with Crippen LogP contribution in [-0.4, -0.2) is 26.7 Å². The maximum absolute atomic E-state index is 12.7. The highest BCUT2D eigenvalue weighted by Gasteiger charge is 2.20. The van der Waals surface area contributed by atoms with Crippen molar-refractivity contribution in [3.05, 3.63) is 57.4 Å². The minimum Gasteiger partial charge on any atom is -0.493 e. The SMILES string of the molecule is COc1ccc(CCNC(=O)c2sc3cc(C(C)(C)C)ccc3c2Cl)cc1OC. The van der Waals surface area contributed by atoms with E-state index in [0.29, 0.717) is 34.4 Å². The second-order valence-corrected chi connectivity index (χ2v) is 9.33. The van der Waals surface area contributed by atoms with E-state index in [1.165, 1.54) is 16.9 Å². The molecule has 29 heavy (non-hydrogen) atoms. The Hall–Kier alpha value is -2.24. The fraction of sp³-hybridized carbons (Fsp3) is 0.348. The predicted octanol–water partition coefficient (Wildman–Crippen LogP) is 5.84. The molecule has 0 aliphatic carbocycles. The number of nitrogens with one attached hydrogen (secondary N) is 1. The van der Waals surface area contributed by atoms with E-state index >= 15 is 0 Å². The first kappa shape index (κ1) is 21.5. The van der Waals surface area contributed by atoms with Crippen molar-refractivity contribution in [2.45, 2.75) is 32.6 Å². The van der Waals surface area contributed by atoms with E-state index in [1.54, 1.807) is 14.2 Å². The van der Waals surface area contributed by atoms with Crippen LogP contribution in [0.15, 0.2) is 36.4 Å². The Morgan fingerprint density at radius 1 is 1.07 bits per heavy atom. The highest BCUT2D eigenvalue weighted by Crippen LogP contribution is 2.37. The topological polar surface area (TPSA) is 47.6 Å². The van der Waals surface area contributed by atoms with E-state index in [-0.39, 0.29) is 11.3 Å². The number of hydrogen-bond acceptors (Lipinski definition) is 4. The molecule has 3 aromatic rings. The lowest BCUT2D eigenvalue weighted by molar-refractivity contribution is 0.0958. The third kappa shape index (κ3) is 4.68. The maximum Gasteiger partial charge on any atom is 0.262 e. The summed E-state index contributed by atoms with van der Waals surface area (Å²) >= 11 is 7.95. The quantitative estimate of drug-likeness (QED) is 0.533. The van der Waals surface area contributed by atoms with E-state index < -0.39 is 0 Å². The van der Waals surface area contributed by atoms with Crippen LogP contribution >= 0.6 is 22.9 Å². The third-order valence-electron chi connectivity index (χ3n) is 4.85. The summed E-state index contributed by atoms with van der Waals surface area (Å²) in [6, 6.07) is 12.0. The third-order valence-corrected chi connectivity index (χ3v) is 6.50. The Balaban J connectivity index is 1.71. The van der Waals surface area contributed by atoms with Gasteiger partial charge in [0.05, 0.1) is 19.2 Å². The van der Waals surface area contributed by atoms with Crippen LogP contribution in [0, 0.1) is 0 Å². The van der Waals surface area contributed by atoms with Crippen LogP contribution in [-0.2, 0) is 11.8 Å². The molecule has 0 saturated heterocycles. The van der Waals surface area contributed by atoms with Crippen molar-refractivity contribution >= 4 is 38.9 Å². The maximum atomic E-state index is 12.7. The van der Waals surface area contributed by atoms with Crippen molar-refractivity contribution in [1.29, 1.82) is 0 Å². The Morgan fingerprint density at radius 3 is 2.45 bits per heavy atom. The zero-order valence-electron chi connectivity index (χ0n) is 17.4. The molecule has 0 radical (unpaired) electrons. The summed E-state index contributed by atoms with van der Waals surface area (Å²) < 4.78 is 11.6. The summed E-state index contributed by atoms with van der Waals surface area (Å²) in [4.78, 5) is 13.3. The van der Waals surface area contributed by atoms with Crippen LogP contribution in [0.4, 0.5) is 0 Å². The Labute approximate surface area is 180 Å². The van der Waals surface area contributed by atoms with Gasteiger partial charge in [0.15, 0.2) is 11.5 Å². The number of methoxy groups -OCH3 is 2. The molecule has 1 aromatic heterocycles. The molecule has 0 fully saturated rings. The minimum absolute atomic E-state index is 0.0481. The molecule has 0 saturated carbocycles. The van der Waals surface area contributed by atoms with E-state index in [4.69, 9.17) is 21.1 Å².